The van der Waals surface area contributed by atoms with E-state index in [2.05, 4.69) is 4.98 Å². The molecule has 1 heterocycles. The van der Waals surface area contributed by atoms with Gasteiger partial charge in [0.1, 0.15) is 5.82 Å². The van der Waals surface area contributed by atoms with E-state index in [9.17, 15) is 22.4 Å². The first-order chi connectivity index (χ1) is 7.34. The lowest BCUT2D eigenvalue weighted by Crippen LogP contribution is -2.41. The lowest BCUT2D eigenvalue weighted by atomic mass is 10.3. The summed E-state index contributed by atoms with van der Waals surface area (Å²) in [4.78, 5) is 14.2. The minimum absolute atomic E-state index is 0.130. The van der Waals surface area contributed by atoms with Gasteiger partial charge in [-0.1, -0.05) is 11.6 Å². The number of amides is 1. The molecule has 0 saturated carbocycles. The minimum atomic E-state index is -4.76. The molecule has 0 atom stereocenters. The molecular weight excluding hydrogens is 252 g/mol. The number of hydrogen-bond acceptors (Lipinski definition) is 2. The van der Waals surface area contributed by atoms with E-state index >= 15 is 0 Å². The third kappa shape index (κ3) is 2.82. The van der Waals surface area contributed by atoms with Crippen LogP contribution in [0.25, 0.3) is 0 Å². The van der Waals surface area contributed by atoms with Gasteiger partial charge in [-0.25, -0.2) is 13.8 Å². The molecule has 16 heavy (non-hydrogen) atoms. The van der Waals surface area contributed by atoms with Crippen LogP contribution in [0, 0.1) is 0 Å². The molecule has 0 saturated heterocycles. The van der Waals surface area contributed by atoms with Crippen LogP contribution in [0.15, 0.2) is 18.3 Å². The molecule has 0 aliphatic heterocycles. The van der Waals surface area contributed by atoms with Crippen molar-refractivity contribution < 1.29 is 22.4 Å². The van der Waals surface area contributed by atoms with Crippen LogP contribution in [-0.2, 0) is 4.79 Å². The van der Waals surface area contributed by atoms with Gasteiger partial charge in [0, 0.05) is 11.2 Å². The van der Waals surface area contributed by atoms with Gasteiger partial charge >= 0.3 is 18.3 Å². The van der Waals surface area contributed by atoms with Crippen molar-refractivity contribution in [1.82, 2.24) is 4.98 Å². The van der Waals surface area contributed by atoms with Gasteiger partial charge in [-0.05, 0) is 12.1 Å². The Morgan fingerprint density at radius 1 is 1.50 bits per heavy atom. The molecule has 3 nitrogen and oxygen atoms in total. The molecule has 0 radical (unpaired) electrons. The van der Waals surface area contributed by atoms with Crippen LogP contribution < -0.4 is 5.32 Å². The van der Waals surface area contributed by atoms with Crippen molar-refractivity contribution in [3.8, 4) is 0 Å². The number of alkyl halides is 4. The van der Waals surface area contributed by atoms with Crippen LogP contribution in [0.4, 0.5) is 23.4 Å². The summed E-state index contributed by atoms with van der Waals surface area (Å²) in [5.41, 5.74) is 0. The number of nitrogens with one attached hydrogen (secondary N) is 1. The smallest absolute Gasteiger partial charge is 0.305 e. The summed E-state index contributed by atoms with van der Waals surface area (Å²) < 4.78 is 48.6. The summed E-state index contributed by atoms with van der Waals surface area (Å²) in [6.07, 6.45) is -2.94. The topological polar surface area (TPSA) is 42.0 Å². The summed E-state index contributed by atoms with van der Waals surface area (Å²) in [6.45, 7) is 0. The third-order valence-corrected chi connectivity index (χ3v) is 1.78. The molecule has 0 unspecified atom stereocenters. The number of pyridine rings is 1. The Balaban J connectivity index is 2.79. The Kier molecular flexibility index (Phi) is 3.69. The molecule has 0 fully saturated rings. The Hall–Kier alpha value is -1.37. The van der Waals surface area contributed by atoms with E-state index in [4.69, 9.17) is 11.6 Å². The summed E-state index contributed by atoms with van der Waals surface area (Å²) in [7, 11) is 0. The first-order valence-corrected chi connectivity index (χ1v) is 4.31. The lowest BCUT2D eigenvalue weighted by molar-refractivity contribution is -0.163. The second-order valence-electron chi connectivity index (χ2n) is 2.74. The minimum Gasteiger partial charge on any atom is -0.305 e. The molecule has 0 bridgehead atoms. The predicted molar refractivity (Wildman–Crippen MR) is 48.8 cm³/mol. The maximum Gasteiger partial charge on any atom is 0.383 e. The zero-order valence-corrected chi connectivity index (χ0v) is 8.31. The van der Waals surface area contributed by atoms with E-state index in [1.807, 2.05) is 0 Å². The number of nitrogens with zero attached hydrogens (tertiary/aromatic N) is 1. The first-order valence-electron chi connectivity index (χ1n) is 3.93. The number of carbonyl (C=O) groups is 1. The average molecular weight is 257 g/mol. The fraction of sp³-hybridized carbons (Fsp3) is 0.250. The SMILES string of the molecule is O=C(Nc1cc(Cl)ccn1)C(F)(F)C(F)F. The summed E-state index contributed by atoms with van der Waals surface area (Å²) in [5, 5.41) is 1.67. The van der Waals surface area contributed by atoms with Gasteiger partial charge in [-0.3, -0.25) is 4.79 Å². The second kappa shape index (κ2) is 4.65. The zero-order valence-electron chi connectivity index (χ0n) is 7.55. The quantitative estimate of drug-likeness (QED) is 0.845. The highest BCUT2D eigenvalue weighted by atomic mass is 35.5. The molecule has 1 rings (SSSR count). The number of halogens is 5. The Labute approximate surface area is 92.4 Å². The van der Waals surface area contributed by atoms with Gasteiger partial charge in [0.2, 0.25) is 0 Å². The van der Waals surface area contributed by atoms with Gasteiger partial charge in [-0.15, -0.1) is 0 Å². The molecule has 0 aliphatic rings. The van der Waals surface area contributed by atoms with Crippen molar-refractivity contribution in [1.29, 1.82) is 0 Å². The van der Waals surface area contributed by atoms with Crippen molar-refractivity contribution >= 4 is 23.3 Å². The molecule has 1 aromatic heterocycles. The van der Waals surface area contributed by atoms with Crippen LogP contribution in [0.5, 0.6) is 0 Å². The molecule has 88 valence electrons. The maximum absolute atomic E-state index is 12.5. The van der Waals surface area contributed by atoms with Crippen LogP contribution in [0.2, 0.25) is 5.02 Å². The van der Waals surface area contributed by atoms with Crippen LogP contribution >= 0.6 is 11.6 Å². The number of anilines is 1. The van der Waals surface area contributed by atoms with Crippen molar-refractivity contribution in [3.05, 3.63) is 23.4 Å². The second-order valence-corrected chi connectivity index (χ2v) is 3.17. The molecule has 0 aliphatic carbocycles. The number of rotatable bonds is 3. The highest BCUT2D eigenvalue weighted by Gasteiger charge is 2.49. The summed E-state index contributed by atoms with van der Waals surface area (Å²) >= 11 is 5.48. The molecule has 0 spiro atoms. The van der Waals surface area contributed by atoms with Crippen molar-refractivity contribution in [2.75, 3.05) is 5.32 Å². The van der Waals surface area contributed by atoms with Crippen molar-refractivity contribution in [2.45, 2.75) is 12.3 Å². The average Bonchev–Trinajstić information content (AvgIpc) is 2.17. The molecular formula is C8H5ClF4N2O. The highest BCUT2D eigenvalue weighted by Crippen LogP contribution is 2.24. The molecule has 1 amide bonds. The van der Waals surface area contributed by atoms with E-state index in [-0.39, 0.29) is 10.8 Å². The molecule has 8 heteroatoms. The van der Waals surface area contributed by atoms with Gasteiger partial charge < -0.3 is 5.32 Å². The van der Waals surface area contributed by atoms with Gasteiger partial charge in [0.05, 0.1) is 0 Å². The third-order valence-electron chi connectivity index (χ3n) is 1.54. The van der Waals surface area contributed by atoms with E-state index in [1.54, 1.807) is 0 Å². The van der Waals surface area contributed by atoms with E-state index in [0.29, 0.717) is 0 Å². The Morgan fingerprint density at radius 2 is 2.12 bits per heavy atom. The monoisotopic (exact) mass is 256 g/mol. The Bertz CT molecular complexity index is 399. The molecule has 0 aromatic carbocycles. The predicted octanol–water partition coefficient (Wildman–Crippen LogP) is 2.57. The molecule has 1 aromatic rings. The standard InChI is InChI=1S/C8H5ClF4N2O/c9-4-1-2-14-5(3-4)15-7(16)8(12,13)6(10)11/h1-3,6H,(H,14,15,16). The summed E-state index contributed by atoms with van der Waals surface area (Å²) in [6, 6.07) is 2.39. The maximum atomic E-state index is 12.5. The zero-order chi connectivity index (χ0) is 12.3. The largest absolute Gasteiger partial charge is 0.383 e. The normalized spacial score (nSPS) is 11.6. The van der Waals surface area contributed by atoms with Gasteiger partial charge in [0.15, 0.2) is 0 Å². The van der Waals surface area contributed by atoms with Crippen molar-refractivity contribution in [3.63, 3.8) is 0 Å². The van der Waals surface area contributed by atoms with Gasteiger partial charge in [0.25, 0.3) is 0 Å². The van der Waals surface area contributed by atoms with Crippen LogP contribution in [0.3, 0.4) is 0 Å². The number of hydrogen-bond donors (Lipinski definition) is 1. The van der Waals surface area contributed by atoms with Gasteiger partial charge in [-0.2, -0.15) is 8.78 Å². The van der Waals surface area contributed by atoms with E-state index < -0.39 is 18.3 Å². The van der Waals surface area contributed by atoms with Crippen LogP contribution in [0.1, 0.15) is 0 Å². The highest BCUT2D eigenvalue weighted by molar-refractivity contribution is 6.30. The van der Waals surface area contributed by atoms with E-state index in [1.165, 1.54) is 11.4 Å². The van der Waals surface area contributed by atoms with Crippen LogP contribution in [-0.4, -0.2) is 23.2 Å². The summed E-state index contributed by atoms with van der Waals surface area (Å²) in [5.74, 6) is -7.21. The first kappa shape index (κ1) is 12.7. The fourth-order valence-electron chi connectivity index (χ4n) is 0.772. The number of carbonyl (C=O) groups excluding carboxylic acids is 1. The lowest BCUT2D eigenvalue weighted by Gasteiger charge is -2.14. The van der Waals surface area contributed by atoms with Crippen molar-refractivity contribution in [2.24, 2.45) is 0 Å². The fourth-order valence-corrected chi connectivity index (χ4v) is 0.932. The van der Waals surface area contributed by atoms with E-state index in [0.717, 1.165) is 12.3 Å². The number of aromatic nitrogens is 1. The molecule has 1 N–H and O–H groups in total. The Morgan fingerprint density at radius 3 is 2.62 bits per heavy atom.